The van der Waals surface area contributed by atoms with Crippen molar-refractivity contribution in [3.63, 3.8) is 0 Å². The van der Waals surface area contributed by atoms with Crippen molar-refractivity contribution < 1.29 is 9.59 Å². The maximum Gasteiger partial charge on any atom is 0.0919 e. The highest BCUT2D eigenvalue weighted by molar-refractivity contribution is 4.87. The summed E-state index contributed by atoms with van der Waals surface area (Å²) < 4.78 is 1.41. The molecule has 3 rings (SSSR count). The lowest BCUT2D eigenvalue weighted by Crippen LogP contribution is -2.59. The van der Waals surface area contributed by atoms with E-state index in [0.29, 0.717) is 0 Å². The summed E-state index contributed by atoms with van der Waals surface area (Å²) in [5, 5.41) is 9.72. The SMILES string of the molecule is OC1C[C@@H]2CC[C@@H](C1)[N+]21CCCC1. The smallest absolute Gasteiger partial charge is 0.0919 e. The number of hydrogen-bond donors (Lipinski definition) is 1. The first-order valence-corrected chi connectivity index (χ1v) is 5.86. The zero-order valence-corrected chi connectivity index (χ0v) is 8.28. The zero-order valence-electron chi connectivity index (χ0n) is 8.28. The molecule has 2 heteroatoms. The molecule has 1 N–H and O–H groups in total. The fourth-order valence-electron chi connectivity index (χ4n) is 4.23. The van der Waals surface area contributed by atoms with Crippen LogP contribution in [0.1, 0.15) is 38.5 Å². The molecule has 2 bridgehead atoms. The molecule has 3 saturated heterocycles. The minimum atomic E-state index is 0.0295. The Labute approximate surface area is 80.1 Å². The number of piperidine rings is 1. The van der Waals surface area contributed by atoms with Crippen molar-refractivity contribution in [2.24, 2.45) is 0 Å². The van der Waals surface area contributed by atoms with Crippen LogP contribution in [0.15, 0.2) is 0 Å². The van der Waals surface area contributed by atoms with E-state index in [2.05, 4.69) is 0 Å². The van der Waals surface area contributed by atoms with Crippen molar-refractivity contribution >= 4 is 0 Å². The predicted octanol–water partition coefficient (Wildman–Crippen LogP) is 1.28. The van der Waals surface area contributed by atoms with E-state index in [0.717, 1.165) is 24.9 Å². The molecule has 3 aliphatic heterocycles. The first-order chi connectivity index (χ1) is 6.31. The third-order valence-electron chi connectivity index (χ3n) is 4.77. The number of quaternary nitrogens is 1. The van der Waals surface area contributed by atoms with Crippen LogP contribution in [0.3, 0.4) is 0 Å². The molecule has 13 heavy (non-hydrogen) atoms. The minimum absolute atomic E-state index is 0.0295. The summed E-state index contributed by atoms with van der Waals surface area (Å²) in [6, 6.07) is 1.66. The maximum absolute atomic E-state index is 9.72. The maximum atomic E-state index is 9.72. The molecule has 0 aromatic carbocycles. The van der Waals surface area contributed by atoms with Crippen molar-refractivity contribution in [3.8, 4) is 0 Å². The van der Waals surface area contributed by atoms with Gasteiger partial charge >= 0.3 is 0 Å². The molecular weight excluding hydrogens is 162 g/mol. The average Bonchev–Trinajstić information content (AvgIpc) is 2.63. The second kappa shape index (κ2) is 2.71. The van der Waals surface area contributed by atoms with Crippen molar-refractivity contribution in [2.75, 3.05) is 13.1 Å². The number of nitrogens with zero attached hydrogens (tertiary/aromatic N) is 1. The van der Waals surface area contributed by atoms with E-state index in [1.165, 1.54) is 43.3 Å². The monoisotopic (exact) mass is 182 g/mol. The molecule has 0 saturated carbocycles. The molecule has 1 spiro atoms. The first-order valence-electron chi connectivity index (χ1n) is 5.86. The first kappa shape index (κ1) is 8.25. The van der Waals surface area contributed by atoms with Crippen molar-refractivity contribution in [3.05, 3.63) is 0 Å². The molecule has 3 fully saturated rings. The summed E-state index contributed by atoms with van der Waals surface area (Å²) in [4.78, 5) is 0. The second-order valence-electron chi connectivity index (χ2n) is 5.27. The van der Waals surface area contributed by atoms with Gasteiger partial charge in [0.05, 0.1) is 31.3 Å². The molecule has 2 nitrogen and oxygen atoms in total. The summed E-state index contributed by atoms with van der Waals surface area (Å²) in [5.74, 6) is 0. The molecule has 0 unspecified atom stereocenters. The van der Waals surface area contributed by atoms with E-state index in [1.807, 2.05) is 0 Å². The van der Waals surface area contributed by atoms with Gasteiger partial charge in [-0.25, -0.2) is 0 Å². The van der Waals surface area contributed by atoms with Gasteiger partial charge in [-0.3, -0.25) is 0 Å². The van der Waals surface area contributed by atoms with Crippen LogP contribution < -0.4 is 0 Å². The van der Waals surface area contributed by atoms with Crippen molar-refractivity contribution in [1.82, 2.24) is 0 Å². The van der Waals surface area contributed by atoms with Gasteiger partial charge in [0, 0.05) is 38.5 Å². The van der Waals surface area contributed by atoms with Gasteiger partial charge in [0.15, 0.2) is 0 Å². The van der Waals surface area contributed by atoms with Gasteiger partial charge in [-0.15, -0.1) is 0 Å². The number of hydrogen-bond acceptors (Lipinski definition) is 1. The van der Waals surface area contributed by atoms with Gasteiger partial charge in [0.25, 0.3) is 0 Å². The Morgan fingerprint density at radius 3 is 2.00 bits per heavy atom. The molecule has 0 radical (unpaired) electrons. The minimum Gasteiger partial charge on any atom is -0.393 e. The lowest BCUT2D eigenvalue weighted by molar-refractivity contribution is -0.956. The highest BCUT2D eigenvalue weighted by Gasteiger charge is 2.54. The number of rotatable bonds is 0. The quantitative estimate of drug-likeness (QED) is 0.560. The fourth-order valence-corrected chi connectivity index (χ4v) is 4.23. The Kier molecular flexibility index (Phi) is 1.72. The Morgan fingerprint density at radius 1 is 0.923 bits per heavy atom. The molecule has 0 aromatic heterocycles. The van der Waals surface area contributed by atoms with Crippen molar-refractivity contribution in [1.29, 1.82) is 0 Å². The van der Waals surface area contributed by atoms with E-state index in [4.69, 9.17) is 0 Å². The fraction of sp³-hybridized carbons (Fsp3) is 1.00. The van der Waals surface area contributed by atoms with E-state index >= 15 is 0 Å². The third-order valence-corrected chi connectivity index (χ3v) is 4.77. The molecular formula is C11H20NO+. The predicted molar refractivity (Wildman–Crippen MR) is 51.3 cm³/mol. The highest BCUT2D eigenvalue weighted by atomic mass is 16.3. The van der Waals surface area contributed by atoms with Crippen LogP contribution in [0.4, 0.5) is 0 Å². The summed E-state index contributed by atoms with van der Waals surface area (Å²) in [6.07, 6.45) is 7.87. The van der Waals surface area contributed by atoms with E-state index in [-0.39, 0.29) is 6.10 Å². The van der Waals surface area contributed by atoms with E-state index < -0.39 is 0 Å². The molecule has 0 aliphatic carbocycles. The van der Waals surface area contributed by atoms with Crippen LogP contribution in [0.5, 0.6) is 0 Å². The molecule has 0 amide bonds. The summed E-state index contributed by atoms with van der Waals surface area (Å²) in [7, 11) is 0. The standard InChI is InChI=1S/C11H20NO/c13-11-7-9-3-4-10(8-11)12(9)5-1-2-6-12/h9-11,13H,1-8H2/q+1/t9-,10-/m0/s1. The zero-order chi connectivity index (χ0) is 8.89. The normalized spacial score (nSPS) is 47.3. The Hall–Kier alpha value is -0.0800. The Bertz CT molecular complexity index is 194. The van der Waals surface area contributed by atoms with Crippen LogP contribution >= 0.6 is 0 Å². The molecule has 2 atom stereocenters. The van der Waals surface area contributed by atoms with Crippen LogP contribution in [0.2, 0.25) is 0 Å². The highest BCUT2D eigenvalue weighted by Crippen LogP contribution is 2.45. The molecule has 3 aliphatic rings. The largest absolute Gasteiger partial charge is 0.393 e. The van der Waals surface area contributed by atoms with Crippen molar-refractivity contribution in [2.45, 2.75) is 56.7 Å². The van der Waals surface area contributed by atoms with Crippen LogP contribution in [-0.2, 0) is 0 Å². The summed E-state index contributed by atoms with van der Waals surface area (Å²) >= 11 is 0. The lowest BCUT2D eigenvalue weighted by atomic mass is 9.97. The molecule has 3 heterocycles. The topological polar surface area (TPSA) is 20.2 Å². The average molecular weight is 182 g/mol. The van der Waals surface area contributed by atoms with Gasteiger partial charge in [0.1, 0.15) is 0 Å². The lowest BCUT2D eigenvalue weighted by Gasteiger charge is -2.46. The summed E-state index contributed by atoms with van der Waals surface area (Å²) in [5.41, 5.74) is 0. The van der Waals surface area contributed by atoms with Gasteiger partial charge in [-0.1, -0.05) is 0 Å². The van der Waals surface area contributed by atoms with Gasteiger partial charge < -0.3 is 9.59 Å². The second-order valence-corrected chi connectivity index (χ2v) is 5.27. The van der Waals surface area contributed by atoms with Gasteiger partial charge in [-0.2, -0.15) is 0 Å². The van der Waals surface area contributed by atoms with Crippen LogP contribution in [0, 0.1) is 0 Å². The number of aliphatic hydroxyl groups excluding tert-OH is 1. The summed E-state index contributed by atoms with van der Waals surface area (Å²) in [6.45, 7) is 2.84. The van der Waals surface area contributed by atoms with Gasteiger partial charge in [0.2, 0.25) is 0 Å². The third kappa shape index (κ3) is 1.02. The van der Waals surface area contributed by atoms with Crippen LogP contribution in [0.25, 0.3) is 0 Å². The Balaban J connectivity index is 1.89. The Morgan fingerprint density at radius 2 is 1.46 bits per heavy atom. The van der Waals surface area contributed by atoms with E-state index in [1.54, 1.807) is 0 Å². The van der Waals surface area contributed by atoms with Gasteiger partial charge in [-0.05, 0) is 0 Å². The van der Waals surface area contributed by atoms with E-state index in [9.17, 15) is 5.11 Å². The van der Waals surface area contributed by atoms with Crippen LogP contribution in [-0.4, -0.2) is 40.9 Å². The molecule has 0 aromatic rings. The number of aliphatic hydroxyl groups is 1. The molecule has 74 valence electrons.